The molecule has 0 spiro atoms. The molecular formula is C7H16N2O5S. The number of carboxylic acids is 1. The first-order valence-corrected chi connectivity index (χ1v) is 6.02. The van der Waals surface area contributed by atoms with Crippen LogP contribution in [0.25, 0.3) is 0 Å². The van der Waals surface area contributed by atoms with E-state index in [4.69, 9.17) is 9.84 Å². The summed E-state index contributed by atoms with van der Waals surface area (Å²) in [4.78, 5) is 10.1. The third kappa shape index (κ3) is 9.60. The standard InChI is InChI=1S/C7H16N2O5S/c1-14-5-4-8-2-3-9-15(12,13)6-7(10)11/h8-9H,2-6H2,1H3,(H,10,11). The molecule has 0 bridgehead atoms. The van der Waals surface area contributed by atoms with Gasteiger partial charge in [0.15, 0.2) is 5.75 Å². The average molecular weight is 240 g/mol. The average Bonchev–Trinajstić information content (AvgIpc) is 2.08. The number of methoxy groups -OCH3 is 1. The molecule has 0 fully saturated rings. The zero-order valence-corrected chi connectivity index (χ0v) is 9.34. The smallest absolute Gasteiger partial charge is 0.320 e. The fourth-order valence-corrected chi connectivity index (χ4v) is 1.65. The fourth-order valence-electron chi connectivity index (χ4n) is 0.808. The molecule has 0 aliphatic heterocycles. The monoisotopic (exact) mass is 240 g/mol. The van der Waals surface area contributed by atoms with E-state index in [2.05, 4.69) is 10.0 Å². The molecule has 0 aromatic rings. The summed E-state index contributed by atoms with van der Waals surface area (Å²) in [7, 11) is -2.13. The maximum absolute atomic E-state index is 11.0. The maximum Gasteiger partial charge on any atom is 0.320 e. The molecule has 0 saturated carbocycles. The molecule has 0 aliphatic carbocycles. The van der Waals surface area contributed by atoms with Crippen LogP contribution in [0.3, 0.4) is 0 Å². The van der Waals surface area contributed by atoms with Crippen molar-refractivity contribution < 1.29 is 23.1 Å². The molecule has 90 valence electrons. The lowest BCUT2D eigenvalue weighted by Crippen LogP contribution is -2.36. The number of rotatable bonds is 9. The Bertz CT molecular complexity index is 277. The molecule has 0 aromatic carbocycles. The van der Waals surface area contributed by atoms with Crippen molar-refractivity contribution >= 4 is 16.0 Å². The molecule has 0 rings (SSSR count). The number of carbonyl (C=O) groups is 1. The van der Waals surface area contributed by atoms with Gasteiger partial charge in [-0.15, -0.1) is 0 Å². The van der Waals surface area contributed by atoms with Gasteiger partial charge in [0.2, 0.25) is 10.0 Å². The van der Waals surface area contributed by atoms with Crippen LogP contribution < -0.4 is 10.0 Å². The van der Waals surface area contributed by atoms with Crippen LogP contribution in [0, 0.1) is 0 Å². The molecule has 8 heteroatoms. The molecule has 0 heterocycles. The second-order valence-corrected chi connectivity index (χ2v) is 4.60. The van der Waals surface area contributed by atoms with E-state index < -0.39 is 21.7 Å². The minimum atomic E-state index is -3.69. The molecular weight excluding hydrogens is 224 g/mol. The highest BCUT2D eigenvalue weighted by Crippen LogP contribution is 1.82. The minimum Gasteiger partial charge on any atom is -0.480 e. The lowest BCUT2D eigenvalue weighted by Gasteiger charge is -2.05. The van der Waals surface area contributed by atoms with E-state index in [1.807, 2.05) is 0 Å². The Labute approximate surface area is 88.9 Å². The summed E-state index contributed by atoms with van der Waals surface area (Å²) in [5, 5.41) is 11.2. The Morgan fingerprint density at radius 3 is 2.53 bits per heavy atom. The fraction of sp³-hybridized carbons (Fsp3) is 0.857. The van der Waals surface area contributed by atoms with Crippen molar-refractivity contribution in [2.75, 3.05) is 39.1 Å². The highest BCUT2D eigenvalue weighted by Gasteiger charge is 2.13. The molecule has 0 saturated heterocycles. The zero-order valence-electron chi connectivity index (χ0n) is 8.52. The predicted octanol–water partition coefficient (Wildman–Crippen LogP) is -1.77. The second-order valence-electron chi connectivity index (χ2n) is 2.79. The first kappa shape index (κ1) is 14.3. The van der Waals surface area contributed by atoms with Gasteiger partial charge in [0.1, 0.15) is 0 Å². The van der Waals surface area contributed by atoms with Crippen LogP contribution in [0.15, 0.2) is 0 Å². The Hall–Kier alpha value is -0.700. The Morgan fingerprint density at radius 1 is 1.33 bits per heavy atom. The summed E-state index contributed by atoms with van der Waals surface area (Å²) in [5.41, 5.74) is 0. The molecule has 0 atom stereocenters. The molecule has 7 nitrogen and oxygen atoms in total. The Balaban J connectivity index is 3.54. The van der Waals surface area contributed by atoms with Crippen molar-refractivity contribution in [1.29, 1.82) is 0 Å². The molecule has 15 heavy (non-hydrogen) atoms. The molecule has 0 aromatic heterocycles. The second kappa shape index (κ2) is 7.57. The van der Waals surface area contributed by atoms with Gasteiger partial charge in [0.25, 0.3) is 0 Å². The molecule has 0 radical (unpaired) electrons. The van der Waals surface area contributed by atoms with E-state index in [0.29, 0.717) is 19.7 Å². The van der Waals surface area contributed by atoms with Crippen molar-refractivity contribution in [3.8, 4) is 0 Å². The van der Waals surface area contributed by atoms with Crippen LogP contribution in [0.5, 0.6) is 0 Å². The van der Waals surface area contributed by atoms with Crippen LogP contribution in [0.4, 0.5) is 0 Å². The van der Waals surface area contributed by atoms with Gasteiger partial charge in [-0.3, -0.25) is 4.79 Å². The van der Waals surface area contributed by atoms with Crippen molar-refractivity contribution in [3.63, 3.8) is 0 Å². The summed E-state index contributed by atoms with van der Waals surface area (Å²) in [6, 6.07) is 0. The largest absolute Gasteiger partial charge is 0.480 e. The van der Waals surface area contributed by atoms with Gasteiger partial charge in [-0.1, -0.05) is 0 Å². The van der Waals surface area contributed by atoms with E-state index >= 15 is 0 Å². The van der Waals surface area contributed by atoms with Gasteiger partial charge >= 0.3 is 5.97 Å². The van der Waals surface area contributed by atoms with Gasteiger partial charge in [0.05, 0.1) is 6.61 Å². The van der Waals surface area contributed by atoms with Crippen LogP contribution in [0.2, 0.25) is 0 Å². The first-order chi connectivity index (χ1) is 6.98. The molecule has 0 aliphatic rings. The lowest BCUT2D eigenvalue weighted by molar-refractivity contribution is -0.134. The van der Waals surface area contributed by atoms with Crippen LogP contribution in [-0.2, 0) is 19.6 Å². The SMILES string of the molecule is COCCNCCNS(=O)(=O)CC(=O)O. The molecule has 3 N–H and O–H groups in total. The van der Waals surface area contributed by atoms with Crippen molar-refractivity contribution in [3.05, 3.63) is 0 Å². The van der Waals surface area contributed by atoms with E-state index in [0.717, 1.165) is 0 Å². The third-order valence-corrected chi connectivity index (χ3v) is 2.69. The van der Waals surface area contributed by atoms with Gasteiger partial charge < -0.3 is 15.2 Å². The number of sulfonamides is 1. The number of nitrogens with one attached hydrogen (secondary N) is 2. The molecule has 0 amide bonds. The maximum atomic E-state index is 11.0. The van der Waals surface area contributed by atoms with Crippen LogP contribution in [0.1, 0.15) is 0 Å². The van der Waals surface area contributed by atoms with Crippen LogP contribution >= 0.6 is 0 Å². The van der Waals surface area contributed by atoms with E-state index in [9.17, 15) is 13.2 Å². The number of hydrogen-bond acceptors (Lipinski definition) is 5. The first-order valence-electron chi connectivity index (χ1n) is 4.37. The zero-order chi connectivity index (χ0) is 11.7. The number of carboxylic acid groups (broad SMARTS) is 1. The summed E-state index contributed by atoms with van der Waals surface area (Å²) < 4.78 is 28.9. The number of ether oxygens (including phenoxy) is 1. The van der Waals surface area contributed by atoms with Crippen molar-refractivity contribution in [2.45, 2.75) is 0 Å². The summed E-state index contributed by atoms with van der Waals surface area (Å²) >= 11 is 0. The number of aliphatic carboxylic acids is 1. The Morgan fingerprint density at radius 2 is 2.00 bits per heavy atom. The predicted molar refractivity (Wildman–Crippen MR) is 54.2 cm³/mol. The van der Waals surface area contributed by atoms with Gasteiger partial charge in [-0.2, -0.15) is 0 Å². The summed E-state index contributed by atoms with van der Waals surface area (Å²) in [5.74, 6) is -2.26. The van der Waals surface area contributed by atoms with Gasteiger partial charge in [0, 0.05) is 26.7 Å². The molecule has 0 unspecified atom stereocenters. The minimum absolute atomic E-state index is 0.166. The number of hydrogen-bond donors (Lipinski definition) is 3. The Kier molecular flexibility index (Phi) is 7.22. The van der Waals surface area contributed by atoms with E-state index in [1.165, 1.54) is 0 Å². The van der Waals surface area contributed by atoms with Crippen molar-refractivity contribution in [1.82, 2.24) is 10.0 Å². The van der Waals surface area contributed by atoms with E-state index in [1.54, 1.807) is 7.11 Å². The topological polar surface area (TPSA) is 105 Å². The van der Waals surface area contributed by atoms with Gasteiger partial charge in [-0.05, 0) is 0 Å². The highest BCUT2D eigenvalue weighted by atomic mass is 32.2. The van der Waals surface area contributed by atoms with E-state index in [-0.39, 0.29) is 6.54 Å². The highest BCUT2D eigenvalue weighted by molar-refractivity contribution is 7.90. The summed E-state index contributed by atoms with van der Waals surface area (Å²) in [6.45, 7) is 1.76. The van der Waals surface area contributed by atoms with Gasteiger partial charge in [-0.25, -0.2) is 13.1 Å². The summed E-state index contributed by atoms with van der Waals surface area (Å²) in [6.07, 6.45) is 0. The van der Waals surface area contributed by atoms with Crippen LogP contribution in [-0.4, -0.2) is 58.6 Å². The normalized spacial score (nSPS) is 11.5. The third-order valence-electron chi connectivity index (χ3n) is 1.42. The lowest BCUT2D eigenvalue weighted by atomic mass is 10.6. The van der Waals surface area contributed by atoms with Crippen molar-refractivity contribution in [2.24, 2.45) is 0 Å². The quantitative estimate of drug-likeness (QED) is 0.412.